The number of hydrogen-bond acceptors (Lipinski definition) is 4. The summed E-state index contributed by atoms with van der Waals surface area (Å²) in [5.74, 6) is 0.392. The van der Waals surface area contributed by atoms with Crippen LogP contribution in [0.2, 0.25) is 0 Å². The van der Waals surface area contributed by atoms with E-state index in [1.54, 1.807) is 30.1 Å². The lowest BCUT2D eigenvalue weighted by atomic mass is 10.0. The normalized spacial score (nSPS) is 21.5. The number of nitrogens with zero attached hydrogens (tertiary/aromatic N) is 1. The number of anilines is 2. The second-order valence-corrected chi connectivity index (χ2v) is 5.33. The SMILES string of the molecule is CN1C(=O)COc2cc(NC(=O)[C@@H]3CCCOC3)ccc21. The van der Waals surface area contributed by atoms with Crippen molar-refractivity contribution < 1.29 is 19.1 Å². The summed E-state index contributed by atoms with van der Waals surface area (Å²) in [4.78, 5) is 25.3. The Morgan fingerprint density at radius 2 is 2.29 bits per heavy atom. The molecule has 2 amide bonds. The Morgan fingerprint density at radius 3 is 3.05 bits per heavy atom. The number of amides is 2. The van der Waals surface area contributed by atoms with Crippen LogP contribution in [0.25, 0.3) is 0 Å². The molecule has 0 unspecified atom stereocenters. The third-order valence-corrected chi connectivity index (χ3v) is 3.85. The first kappa shape index (κ1) is 13.9. The van der Waals surface area contributed by atoms with Crippen LogP contribution in [0, 0.1) is 5.92 Å². The first-order valence-electron chi connectivity index (χ1n) is 7.07. The topological polar surface area (TPSA) is 67.9 Å². The van der Waals surface area contributed by atoms with Gasteiger partial charge in [0.1, 0.15) is 5.75 Å². The van der Waals surface area contributed by atoms with Gasteiger partial charge in [-0.15, -0.1) is 0 Å². The fourth-order valence-corrected chi connectivity index (χ4v) is 2.55. The van der Waals surface area contributed by atoms with E-state index in [0.29, 0.717) is 23.7 Å². The van der Waals surface area contributed by atoms with Gasteiger partial charge < -0.3 is 19.7 Å². The number of nitrogens with one attached hydrogen (secondary N) is 1. The Balaban J connectivity index is 1.72. The molecule has 0 saturated carbocycles. The summed E-state index contributed by atoms with van der Waals surface area (Å²) in [6.07, 6.45) is 1.77. The van der Waals surface area contributed by atoms with Crippen LogP contribution in [-0.4, -0.2) is 38.7 Å². The highest BCUT2D eigenvalue weighted by Gasteiger charge is 2.24. The predicted molar refractivity (Wildman–Crippen MR) is 77.5 cm³/mol. The molecule has 0 aromatic heterocycles. The number of rotatable bonds is 2. The summed E-state index contributed by atoms with van der Waals surface area (Å²) < 4.78 is 10.7. The highest BCUT2D eigenvalue weighted by molar-refractivity contribution is 5.98. The molecule has 21 heavy (non-hydrogen) atoms. The summed E-state index contributed by atoms with van der Waals surface area (Å²) in [6.45, 7) is 1.23. The summed E-state index contributed by atoms with van der Waals surface area (Å²) in [6, 6.07) is 5.30. The van der Waals surface area contributed by atoms with Crippen molar-refractivity contribution in [2.45, 2.75) is 12.8 Å². The summed E-state index contributed by atoms with van der Waals surface area (Å²) >= 11 is 0. The van der Waals surface area contributed by atoms with E-state index in [2.05, 4.69) is 5.32 Å². The van der Waals surface area contributed by atoms with E-state index in [0.717, 1.165) is 19.4 Å². The monoisotopic (exact) mass is 290 g/mol. The average Bonchev–Trinajstić information content (AvgIpc) is 2.52. The maximum Gasteiger partial charge on any atom is 0.264 e. The summed E-state index contributed by atoms with van der Waals surface area (Å²) in [5.41, 5.74) is 1.39. The van der Waals surface area contributed by atoms with Crippen molar-refractivity contribution in [1.82, 2.24) is 0 Å². The van der Waals surface area contributed by atoms with Gasteiger partial charge in [0.15, 0.2) is 6.61 Å². The van der Waals surface area contributed by atoms with Gasteiger partial charge in [-0.05, 0) is 25.0 Å². The minimum absolute atomic E-state index is 0.0252. The lowest BCUT2D eigenvalue weighted by molar-refractivity contribution is -0.123. The number of hydrogen-bond donors (Lipinski definition) is 1. The fourth-order valence-electron chi connectivity index (χ4n) is 2.55. The Hall–Kier alpha value is -2.08. The number of carbonyl (C=O) groups excluding carboxylic acids is 2. The molecule has 6 nitrogen and oxygen atoms in total. The maximum absolute atomic E-state index is 12.2. The molecular formula is C15H18N2O4. The van der Waals surface area contributed by atoms with Crippen LogP contribution < -0.4 is 15.0 Å². The minimum Gasteiger partial charge on any atom is -0.481 e. The average molecular weight is 290 g/mol. The summed E-state index contributed by atoms with van der Waals surface area (Å²) in [5, 5.41) is 2.89. The van der Waals surface area contributed by atoms with Crippen LogP contribution in [-0.2, 0) is 14.3 Å². The van der Waals surface area contributed by atoms with E-state index in [1.165, 1.54) is 0 Å². The van der Waals surface area contributed by atoms with Crippen molar-refractivity contribution in [3.63, 3.8) is 0 Å². The van der Waals surface area contributed by atoms with Gasteiger partial charge in [0.25, 0.3) is 5.91 Å². The highest BCUT2D eigenvalue weighted by Crippen LogP contribution is 2.33. The lowest BCUT2D eigenvalue weighted by Gasteiger charge is -2.26. The lowest BCUT2D eigenvalue weighted by Crippen LogP contribution is -2.35. The van der Waals surface area contributed by atoms with Crippen molar-refractivity contribution in [3.05, 3.63) is 18.2 Å². The molecule has 2 aliphatic rings. The smallest absolute Gasteiger partial charge is 0.264 e. The number of carbonyl (C=O) groups is 2. The van der Waals surface area contributed by atoms with Gasteiger partial charge in [-0.1, -0.05) is 0 Å². The van der Waals surface area contributed by atoms with Crippen LogP contribution in [0.15, 0.2) is 18.2 Å². The zero-order valence-electron chi connectivity index (χ0n) is 11.9. The molecule has 2 heterocycles. The zero-order chi connectivity index (χ0) is 14.8. The molecule has 0 radical (unpaired) electrons. The van der Waals surface area contributed by atoms with Crippen molar-refractivity contribution in [3.8, 4) is 5.75 Å². The van der Waals surface area contributed by atoms with E-state index in [1.807, 2.05) is 0 Å². The molecule has 1 atom stereocenters. The van der Waals surface area contributed by atoms with Crippen molar-refractivity contribution in [2.24, 2.45) is 5.92 Å². The number of benzene rings is 1. The van der Waals surface area contributed by atoms with E-state index in [9.17, 15) is 9.59 Å². The van der Waals surface area contributed by atoms with E-state index >= 15 is 0 Å². The molecule has 0 spiro atoms. The van der Waals surface area contributed by atoms with Gasteiger partial charge >= 0.3 is 0 Å². The van der Waals surface area contributed by atoms with E-state index < -0.39 is 0 Å². The van der Waals surface area contributed by atoms with Crippen molar-refractivity contribution in [1.29, 1.82) is 0 Å². The molecule has 0 bridgehead atoms. The van der Waals surface area contributed by atoms with Crippen LogP contribution in [0.3, 0.4) is 0 Å². The van der Waals surface area contributed by atoms with Gasteiger partial charge in [-0.3, -0.25) is 9.59 Å². The van der Waals surface area contributed by atoms with Crippen molar-refractivity contribution in [2.75, 3.05) is 37.1 Å². The number of fused-ring (bicyclic) bond motifs is 1. The van der Waals surface area contributed by atoms with Gasteiger partial charge in [0.2, 0.25) is 5.91 Å². The van der Waals surface area contributed by atoms with Crippen LogP contribution in [0.1, 0.15) is 12.8 Å². The molecule has 1 fully saturated rings. The zero-order valence-corrected chi connectivity index (χ0v) is 11.9. The Labute approximate surface area is 123 Å². The molecule has 3 rings (SSSR count). The van der Waals surface area contributed by atoms with E-state index in [4.69, 9.17) is 9.47 Å². The van der Waals surface area contributed by atoms with Crippen LogP contribution in [0.5, 0.6) is 5.75 Å². The second kappa shape index (κ2) is 5.73. The Morgan fingerprint density at radius 1 is 1.43 bits per heavy atom. The molecular weight excluding hydrogens is 272 g/mol. The molecule has 0 aliphatic carbocycles. The molecule has 1 N–H and O–H groups in total. The second-order valence-electron chi connectivity index (χ2n) is 5.33. The fraction of sp³-hybridized carbons (Fsp3) is 0.467. The van der Waals surface area contributed by atoms with Gasteiger partial charge in [0.05, 0.1) is 18.2 Å². The van der Waals surface area contributed by atoms with Crippen LogP contribution in [0.4, 0.5) is 11.4 Å². The van der Waals surface area contributed by atoms with E-state index in [-0.39, 0.29) is 24.3 Å². The standard InChI is InChI=1S/C15H18N2O4/c1-17-12-5-4-11(7-13(12)21-9-14(17)18)16-15(19)10-3-2-6-20-8-10/h4-5,7,10H,2-3,6,8-9H2,1H3,(H,16,19)/t10-/m1/s1. The maximum atomic E-state index is 12.2. The Bertz CT molecular complexity index is 567. The number of ether oxygens (including phenoxy) is 2. The molecule has 2 aliphatic heterocycles. The number of likely N-dealkylation sites (N-methyl/N-ethyl adjacent to an activating group) is 1. The highest BCUT2D eigenvalue weighted by atomic mass is 16.5. The molecule has 1 aromatic rings. The first-order valence-corrected chi connectivity index (χ1v) is 7.07. The summed E-state index contributed by atoms with van der Waals surface area (Å²) in [7, 11) is 1.71. The van der Waals surface area contributed by atoms with Crippen LogP contribution >= 0.6 is 0 Å². The third-order valence-electron chi connectivity index (χ3n) is 3.85. The molecule has 112 valence electrons. The molecule has 1 saturated heterocycles. The largest absolute Gasteiger partial charge is 0.481 e. The van der Waals surface area contributed by atoms with Gasteiger partial charge in [-0.2, -0.15) is 0 Å². The third kappa shape index (κ3) is 2.85. The molecule has 6 heteroatoms. The molecule has 1 aromatic carbocycles. The van der Waals surface area contributed by atoms with Gasteiger partial charge in [0, 0.05) is 25.4 Å². The minimum atomic E-state index is -0.0973. The predicted octanol–water partition coefficient (Wildman–Crippen LogP) is 1.41. The van der Waals surface area contributed by atoms with Crippen molar-refractivity contribution >= 4 is 23.2 Å². The first-order chi connectivity index (χ1) is 10.1. The Kier molecular flexibility index (Phi) is 3.79. The van der Waals surface area contributed by atoms with Gasteiger partial charge in [-0.25, -0.2) is 0 Å². The quantitative estimate of drug-likeness (QED) is 0.894.